The highest BCUT2D eigenvalue weighted by Crippen LogP contribution is 2.41. The third kappa shape index (κ3) is 8.57. The zero-order valence-electron chi connectivity index (χ0n) is 32.4. The molecule has 0 bridgehead atoms. The van der Waals surface area contributed by atoms with E-state index in [0.29, 0.717) is 37.8 Å². The molecule has 2 aromatic carbocycles. The molecule has 1 unspecified atom stereocenters. The Balaban J connectivity index is 1.42. The van der Waals surface area contributed by atoms with Crippen molar-refractivity contribution in [2.75, 3.05) is 48.9 Å². The van der Waals surface area contributed by atoms with E-state index in [1.807, 2.05) is 48.5 Å². The molecular formula is C41H57N9O2. The van der Waals surface area contributed by atoms with Gasteiger partial charge in [0.1, 0.15) is 5.75 Å². The number of hydrogen-bond donors (Lipinski definition) is 1. The van der Waals surface area contributed by atoms with E-state index in [0.717, 1.165) is 58.0 Å². The van der Waals surface area contributed by atoms with Crippen LogP contribution in [-0.4, -0.2) is 64.9 Å². The lowest BCUT2D eigenvalue weighted by Crippen LogP contribution is -2.56. The highest BCUT2D eigenvalue weighted by atomic mass is 16.5. The Bertz CT molecular complexity index is 1910. The Morgan fingerprint density at radius 1 is 0.981 bits per heavy atom. The molecule has 1 amide bonds. The van der Waals surface area contributed by atoms with Gasteiger partial charge in [-0.15, -0.1) is 9.89 Å². The first-order valence-electron chi connectivity index (χ1n) is 18.8. The molecule has 0 aliphatic carbocycles. The quantitative estimate of drug-likeness (QED) is 0.109. The summed E-state index contributed by atoms with van der Waals surface area (Å²) in [6.07, 6.45) is 11.9. The highest BCUT2D eigenvalue weighted by molar-refractivity contribution is 6.06. The monoisotopic (exact) mass is 707 g/mol. The van der Waals surface area contributed by atoms with Gasteiger partial charge in [-0.25, -0.2) is 4.98 Å². The SMILES string of the molecule is CCCCCCCCOc1ccc(C)cc1NCCc1nc2n(n1)N=C(C)C2(Cn1ccc(=NC)cc1)N(C(C)=O)c1ccc(N(C)CC)cc1C. The van der Waals surface area contributed by atoms with Crippen molar-refractivity contribution in [3.63, 3.8) is 0 Å². The average Bonchev–Trinajstić information content (AvgIpc) is 3.64. The summed E-state index contributed by atoms with van der Waals surface area (Å²) >= 11 is 0. The van der Waals surface area contributed by atoms with E-state index in [2.05, 4.69) is 78.8 Å². The van der Waals surface area contributed by atoms with Gasteiger partial charge in [0, 0.05) is 64.3 Å². The molecule has 11 heteroatoms. The number of nitrogens with one attached hydrogen (secondary N) is 1. The first-order valence-corrected chi connectivity index (χ1v) is 18.8. The first kappa shape index (κ1) is 38.3. The fourth-order valence-electron chi connectivity index (χ4n) is 6.89. The summed E-state index contributed by atoms with van der Waals surface area (Å²) in [5.41, 5.74) is 4.72. The van der Waals surface area contributed by atoms with Gasteiger partial charge in [0.2, 0.25) is 5.91 Å². The predicted octanol–water partition coefficient (Wildman–Crippen LogP) is 7.26. The second-order valence-corrected chi connectivity index (χ2v) is 13.9. The van der Waals surface area contributed by atoms with E-state index in [-0.39, 0.29) is 5.91 Å². The Labute approximate surface area is 309 Å². The number of rotatable bonds is 18. The minimum atomic E-state index is -1.03. The topological polar surface area (TPSA) is 105 Å². The summed E-state index contributed by atoms with van der Waals surface area (Å²) in [7, 11) is 3.84. The number of amides is 1. The van der Waals surface area contributed by atoms with Crippen LogP contribution in [0.25, 0.3) is 0 Å². The smallest absolute Gasteiger partial charge is 0.225 e. The van der Waals surface area contributed by atoms with Gasteiger partial charge in [0.05, 0.1) is 29.9 Å². The minimum absolute atomic E-state index is 0.109. The molecule has 0 radical (unpaired) electrons. The molecule has 52 heavy (non-hydrogen) atoms. The molecule has 3 heterocycles. The fraction of sp³-hybridized carbons (Fsp3) is 0.488. The molecule has 0 fully saturated rings. The number of hydrogen-bond acceptors (Lipinski definition) is 8. The third-order valence-corrected chi connectivity index (χ3v) is 9.98. The largest absolute Gasteiger partial charge is 0.491 e. The maximum Gasteiger partial charge on any atom is 0.225 e. The summed E-state index contributed by atoms with van der Waals surface area (Å²) < 4.78 is 8.29. The number of ether oxygens (including phenoxy) is 1. The highest BCUT2D eigenvalue weighted by Gasteiger charge is 2.52. The van der Waals surface area contributed by atoms with Gasteiger partial charge < -0.3 is 19.5 Å². The van der Waals surface area contributed by atoms with Gasteiger partial charge in [-0.2, -0.15) is 5.10 Å². The van der Waals surface area contributed by atoms with E-state index in [4.69, 9.17) is 19.9 Å². The van der Waals surface area contributed by atoms with Crippen molar-refractivity contribution >= 4 is 28.7 Å². The fourth-order valence-corrected chi connectivity index (χ4v) is 6.89. The number of nitrogens with zero attached hydrogens (tertiary/aromatic N) is 8. The Kier molecular flexibility index (Phi) is 12.9. The number of carbonyl (C=O) groups is 1. The standard InChI is InChI=1S/C41H57N9O2/c1-9-11-12-13-14-15-26-52-38-19-16-30(3)27-36(38)43-23-20-39-44-40-41(32(5)45-50(40)46-39,29-48-24-21-34(42-7)22-25-48)49(33(6)51)37-18-17-35(28-31(37)4)47(8)10-2/h16-19,21-22,24-25,27-28,43H,9-15,20,23,26,29H2,1-8H3. The molecule has 1 aliphatic heterocycles. The maximum absolute atomic E-state index is 13.9. The number of pyridine rings is 1. The summed E-state index contributed by atoms with van der Waals surface area (Å²) in [6.45, 7) is 14.7. The molecule has 0 spiro atoms. The van der Waals surface area contributed by atoms with Crippen LogP contribution < -0.4 is 25.2 Å². The van der Waals surface area contributed by atoms with Crippen LogP contribution in [0.1, 0.15) is 89.0 Å². The van der Waals surface area contributed by atoms with Gasteiger partial charge in [-0.05, 0) is 87.7 Å². The number of benzene rings is 2. The normalized spacial score (nSPS) is 14.9. The van der Waals surface area contributed by atoms with Crippen LogP contribution in [0, 0.1) is 13.8 Å². The van der Waals surface area contributed by atoms with Crippen molar-refractivity contribution in [3.05, 3.63) is 89.1 Å². The van der Waals surface area contributed by atoms with Crippen LogP contribution in [-0.2, 0) is 23.3 Å². The van der Waals surface area contributed by atoms with Crippen molar-refractivity contribution in [1.29, 1.82) is 0 Å². The van der Waals surface area contributed by atoms with Crippen LogP contribution in [0.15, 0.2) is 71.0 Å². The summed E-state index contributed by atoms with van der Waals surface area (Å²) in [4.78, 5) is 29.0. The number of anilines is 3. The Hall–Kier alpha value is -4.93. The summed E-state index contributed by atoms with van der Waals surface area (Å²) in [5, 5.41) is 14.2. The van der Waals surface area contributed by atoms with E-state index in [9.17, 15) is 4.79 Å². The maximum atomic E-state index is 13.9. The molecular weight excluding hydrogens is 651 g/mol. The molecule has 0 saturated heterocycles. The van der Waals surface area contributed by atoms with Crippen molar-refractivity contribution in [2.24, 2.45) is 10.1 Å². The van der Waals surface area contributed by atoms with Crippen molar-refractivity contribution in [2.45, 2.75) is 98.6 Å². The number of fused-ring (bicyclic) bond motifs is 1. The van der Waals surface area contributed by atoms with Crippen LogP contribution >= 0.6 is 0 Å². The lowest BCUT2D eigenvalue weighted by Gasteiger charge is -2.41. The molecule has 1 aliphatic rings. The summed E-state index contributed by atoms with van der Waals surface area (Å²) in [5.74, 6) is 2.01. The number of aromatic nitrogens is 4. The zero-order valence-corrected chi connectivity index (χ0v) is 32.4. The van der Waals surface area contributed by atoms with Gasteiger partial charge in [-0.3, -0.25) is 14.7 Å². The molecule has 5 rings (SSSR count). The lowest BCUT2D eigenvalue weighted by molar-refractivity contribution is -0.117. The van der Waals surface area contributed by atoms with Gasteiger partial charge >= 0.3 is 0 Å². The van der Waals surface area contributed by atoms with E-state index in [1.165, 1.54) is 32.1 Å². The predicted molar refractivity (Wildman–Crippen MR) is 212 cm³/mol. The van der Waals surface area contributed by atoms with Crippen LogP contribution in [0.3, 0.4) is 0 Å². The van der Waals surface area contributed by atoms with Crippen LogP contribution in [0.4, 0.5) is 17.1 Å². The Morgan fingerprint density at radius 2 is 1.73 bits per heavy atom. The van der Waals surface area contributed by atoms with Crippen LogP contribution in [0.2, 0.25) is 0 Å². The molecule has 0 saturated carbocycles. The lowest BCUT2D eigenvalue weighted by atomic mass is 9.89. The number of unbranched alkanes of at least 4 members (excludes halogenated alkanes) is 5. The van der Waals surface area contributed by atoms with Crippen LogP contribution in [0.5, 0.6) is 5.75 Å². The van der Waals surface area contributed by atoms with Gasteiger partial charge in [-0.1, -0.05) is 45.1 Å². The second kappa shape index (κ2) is 17.5. The van der Waals surface area contributed by atoms with Crippen molar-refractivity contribution in [1.82, 2.24) is 19.4 Å². The molecule has 1 atom stereocenters. The molecule has 278 valence electrons. The second-order valence-electron chi connectivity index (χ2n) is 13.9. The van der Waals surface area contributed by atoms with Crippen molar-refractivity contribution < 1.29 is 9.53 Å². The van der Waals surface area contributed by atoms with E-state index in [1.54, 1.807) is 18.8 Å². The van der Waals surface area contributed by atoms with Gasteiger partial charge in [0.15, 0.2) is 17.2 Å². The summed E-state index contributed by atoms with van der Waals surface area (Å²) in [6, 6.07) is 16.4. The molecule has 1 N–H and O–H groups in total. The minimum Gasteiger partial charge on any atom is -0.491 e. The van der Waals surface area contributed by atoms with E-state index >= 15 is 0 Å². The number of aryl methyl sites for hydroxylation is 2. The Morgan fingerprint density at radius 3 is 2.42 bits per heavy atom. The van der Waals surface area contributed by atoms with Gasteiger partial charge in [0.25, 0.3) is 0 Å². The zero-order chi connectivity index (χ0) is 37.3. The van der Waals surface area contributed by atoms with Crippen molar-refractivity contribution in [3.8, 4) is 5.75 Å². The van der Waals surface area contributed by atoms with E-state index < -0.39 is 5.54 Å². The number of carbonyl (C=O) groups excluding carboxylic acids is 1. The third-order valence-electron chi connectivity index (χ3n) is 9.98. The molecule has 2 aromatic heterocycles. The molecule has 11 nitrogen and oxygen atoms in total. The first-order chi connectivity index (χ1) is 25.1. The molecule has 4 aromatic rings. The average molecular weight is 708 g/mol.